The fourth-order valence-electron chi connectivity index (χ4n) is 4.62. The van der Waals surface area contributed by atoms with E-state index in [0.717, 1.165) is 12.3 Å². The quantitative estimate of drug-likeness (QED) is 0.199. The molecule has 1 aromatic rings. The van der Waals surface area contributed by atoms with E-state index in [4.69, 9.17) is 12.2 Å². The zero-order chi connectivity index (χ0) is 30.6. The molecular formula is C28H29F7N4O2. The van der Waals surface area contributed by atoms with Gasteiger partial charge in [0.1, 0.15) is 28.9 Å². The van der Waals surface area contributed by atoms with Crippen molar-refractivity contribution in [3.63, 3.8) is 0 Å². The summed E-state index contributed by atoms with van der Waals surface area (Å²) in [6.07, 6.45) is 1.53. The van der Waals surface area contributed by atoms with Gasteiger partial charge in [0.2, 0.25) is 0 Å². The van der Waals surface area contributed by atoms with Crippen molar-refractivity contribution in [2.45, 2.75) is 63.8 Å². The number of halogens is 7. The molecule has 0 spiro atoms. The molecular weight excluding hydrogens is 557 g/mol. The van der Waals surface area contributed by atoms with Crippen LogP contribution in [0.1, 0.15) is 39.5 Å². The van der Waals surface area contributed by atoms with Gasteiger partial charge in [0, 0.05) is 61.2 Å². The van der Waals surface area contributed by atoms with Gasteiger partial charge in [0.05, 0.1) is 0 Å². The van der Waals surface area contributed by atoms with Gasteiger partial charge in [0.15, 0.2) is 17.4 Å². The molecule has 3 rings (SSSR count). The number of terminal acetylenes is 1. The lowest BCUT2D eigenvalue weighted by molar-refractivity contribution is -0.138. The summed E-state index contributed by atoms with van der Waals surface area (Å²) in [4.78, 5) is 28.9. The van der Waals surface area contributed by atoms with Crippen LogP contribution in [-0.4, -0.2) is 54.0 Å². The maximum atomic E-state index is 15.4. The Morgan fingerprint density at radius 1 is 1.27 bits per heavy atom. The largest absolute Gasteiger partial charge is 0.389 e. The van der Waals surface area contributed by atoms with Crippen molar-refractivity contribution in [2.24, 2.45) is 5.73 Å². The van der Waals surface area contributed by atoms with Gasteiger partial charge in [-0.05, 0) is 32.3 Å². The Labute approximate surface area is 232 Å². The number of likely N-dealkylation sites (tertiary alicyclic amines) is 1. The van der Waals surface area contributed by atoms with Gasteiger partial charge in [-0.25, -0.2) is 17.6 Å². The predicted molar refractivity (Wildman–Crippen MR) is 138 cm³/mol. The number of carbonyl (C=O) groups excluding carboxylic acids is 2. The van der Waals surface area contributed by atoms with Crippen molar-refractivity contribution in [3.05, 3.63) is 64.5 Å². The van der Waals surface area contributed by atoms with Crippen molar-refractivity contribution in [1.82, 2.24) is 10.2 Å². The van der Waals surface area contributed by atoms with Crippen molar-refractivity contribution in [3.8, 4) is 12.3 Å². The Balaban J connectivity index is 2.11. The number of rotatable bonds is 8. The molecule has 1 fully saturated rings. The summed E-state index contributed by atoms with van der Waals surface area (Å²) in [6.45, 7) is 3.70. The molecule has 6 nitrogen and oxygen atoms in total. The Hall–Kier alpha value is -3.79. The number of hydrogen-bond donors (Lipinski definition) is 2. The Kier molecular flexibility index (Phi) is 9.91. The molecule has 3 atom stereocenters. The fourth-order valence-corrected chi connectivity index (χ4v) is 4.62. The second-order valence-corrected chi connectivity index (χ2v) is 9.83. The maximum absolute atomic E-state index is 15.4. The first-order valence-corrected chi connectivity index (χ1v) is 12.8. The molecule has 3 N–H and O–H groups in total. The number of Topliss-reactive ketones (excluding diaryl/α,β-unsaturated/α-hetero) is 1. The number of anilines is 1. The molecule has 2 aliphatic heterocycles. The van der Waals surface area contributed by atoms with E-state index in [9.17, 15) is 35.9 Å². The van der Waals surface area contributed by atoms with Gasteiger partial charge in [-0.2, -0.15) is 13.2 Å². The van der Waals surface area contributed by atoms with Gasteiger partial charge < -0.3 is 20.9 Å². The van der Waals surface area contributed by atoms with E-state index in [1.807, 2.05) is 0 Å². The lowest BCUT2D eigenvalue weighted by atomic mass is 9.90. The van der Waals surface area contributed by atoms with Gasteiger partial charge in [-0.3, -0.25) is 9.59 Å². The molecule has 0 radical (unpaired) electrons. The van der Waals surface area contributed by atoms with Crippen molar-refractivity contribution in [2.75, 3.05) is 18.0 Å². The number of hydrogen-bond acceptors (Lipinski definition) is 5. The molecule has 0 saturated carbocycles. The number of nitrogens with one attached hydrogen (secondary N) is 1. The summed E-state index contributed by atoms with van der Waals surface area (Å²) < 4.78 is 97.0. The van der Waals surface area contributed by atoms with Crippen LogP contribution in [0.3, 0.4) is 0 Å². The molecule has 13 heteroatoms. The fraction of sp³-hybridized carbons (Fsp3) is 0.429. The number of amides is 1. The van der Waals surface area contributed by atoms with Crippen LogP contribution in [0.25, 0.3) is 0 Å². The lowest BCUT2D eigenvalue weighted by Crippen LogP contribution is -2.45. The minimum atomic E-state index is -4.50. The summed E-state index contributed by atoms with van der Waals surface area (Å²) in [6, 6.07) is -2.15. The lowest BCUT2D eigenvalue weighted by Gasteiger charge is -2.34. The van der Waals surface area contributed by atoms with Gasteiger partial charge in [-0.1, -0.05) is 12.8 Å². The minimum Gasteiger partial charge on any atom is -0.371 e. The third-order valence-electron chi connectivity index (χ3n) is 6.92. The molecule has 1 aromatic carbocycles. The van der Waals surface area contributed by atoms with Gasteiger partial charge in [0.25, 0.3) is 5.91 Å². The molecule has 0 bridgehead atoms. The first-order valence-electron chi connectivity index (χ1n) is 12.8. The molecule has 222 valence electrons. The Morgan fingerprint density at radius 3 is 2.41 bits per heavy atom. The van der Waals surface area contributed by atoms with E-state index in [2.05, 4.69) is 11.2 Å². The highest BCUT2D eigenvalue weighted by Gasteiger charge is 2.39. The van der Waals surface area contributed by atoms with Crippen molar-refractivity contribution < 1.29 is 40.3 Å². The van der Waals surface area contributed by atoms with E-state index in [-0.39, 0.29) is 18.2 Å². The maximum Gasteiger partial charge on any atom is 0.389 e. The number of benzene rings is 1. The molecule has 0 aliphatic carbocycles. The number of nitrogens with two attached hydrogens (primary N) is 1. The molecule has 2 heterocycles. The average molecular weight is 587 g/mol. The van der Waals surface area contributed by atoms with Gasteiger partial charge in [-0.15, -0.1) is 6.42 Å². The van der Waals surface area contributed by atoms with Crippen LogP contribution in [0.5, 0.6) is 0 Å². The molecule has 2 aliphatic rings. The van der Waals surface area contributed by atoms with Crippen molar-refractivity contribution in [1.29, 1.82) is 0 Å². The molecule has 41 heavy (non-hydrogen) atoms. The summed E-state index contributed by atoms with van der Waals surface area (Å²) in [5.74, 6) is -5.15. The highest BCUT2D eigenvalue weighted by Crippen LogP contribution is 2.34. The second-order valence-electron chi connectivity index (χ2n) is 9.83. The first kappa shape index (κ1) is 31.7. The van der Waals surface area contributed by atoms with Crippen LogP contribution >= 0.6 is 0 Å². The van der Waals surface area contributed by atoms with E-state index in [1.54, 1.807) is 4.90 Å². The van der Waals surface area contributed by atoms with Crippen LogP contribution in [-0.2, 0) is 9.59 Å². The normalized spacial score (nSPS) is 21.9. The monoisotopic (exact) mass is 586 g/mol. The smallest absolute Gasteiger partial charge is 0.371 e. The first-order chi connectivity index (χ1) is 19.2. The number of carbonyl (C=O) groups is 2. The summed E-state index contributed by atoms with van der Waals surface area (Å²) in [7, 11) is 0. The summed E-state index contributed by atoms with van der Waals surface area (Å²) in [5, 5.41) is 2.32. The molecule has 1 amide bonds. The third kappa shape index (κ3) is 7.49. The van der Waals surface area contributed by atoms with Crippen molar-refractivity contribution >= 4 is 17.4 Å². The SMILES string of the molecule is C#CC1/C(=C\C(F)=C(/C)N2CCC(N)C2)C(=O)C(C(=O)NC(CC)CCC(F)(F)F)=CN1c1c(F)cc(F)cc1F. The highest BCUT2D eigenvalue weighted by molar-refractivity contribution is 6.27. The minimum absolute atomic E-state index is 0.0679. The number of nitrogens with zero attached hydrogens (tertiary/aromatic N) is 2. The van der Waals surface area contributed by atoms with Crippen LogP contribution in [0.15, 0.2) is 47.1 Å². The predicted octanol–water partition coefficient (Wildman–Crippen LogP) is 4.78. The zero-order valence-electron chi connectivity index (χ0n) is 22.3. The Bertz CT molecular complexity index is 1310. The third-order valence-corrected chi connectivity index (χ3v) is 6.92. The summed E-state index contributed by atoms with van der Waals surface area (Å²) in [5.41, 5.74) is 3.75. The number of ketones is 1. The van der Waals surface area contributed by atoms with Gasteiger partial charge >= 0.3 is 6.18 Å². The number of alkyl halides is 3. The molecule has 3 unspecified atom stereocenters. The second kappa shape index (κ2) is 12.8. The summed E-state index contributed by atoms with van der Waals surface area (Å²) >= 11 is 0. The zero-order valence-corrected chi connectivity index (χ0v) is 22.3. The van der Waals surface area contributed by atoms with Crippen LogP contribution in [0.2, 0.25) is 0 Å². The molecule has 0 aromatic heterocycles. The Morgan fingerprint density at radius 2 is 1.90 bits per heavy atom. The van der Waals surface area contributed by atoms with E-state index in [0.29, 0.717) is 36.5 Å². The topological polar surface area (TPSA) is 78.7 Å². The van der Waals surface area contributed by atoms with Crippen LogP contribution < -0.4 is 16.0 Å². The molecule has 1 saturated heterocycles. The van der Waals surface area contributed by atoms with Crippen LogP contribution in [0.4, 0.5) is 36.4 Å². The highest BCUT2D eigenvalue weighted by atomic mass is 19.4. The van der Waals surface area contributed by atoms with E-state index >= 15 is 4.39 Å². The van der Waals surface area contributed by atoms with E-state index < -0.39 is 82.9 Å². The number of allylic oxidation sites excluding steroid dienone is 3. The van der Waals surface area contributed by atoms with Crippen LogP contribution in [0, 0.1) is 29.8 Å². The van der Waals surface area contributed by atoms with E-state index in [1.165, 1.54) is 13.8 Å². The average Bonchev–Trinajstić information content (AvgIpc) is 3.32. The standard InChI is InChI=1S/C28H29F7N4O2/c1-4-18(6-8-28(33,34)35)37-27(41)20-14-39(25-22(31)10-16(29)11-23(25)32)24(5-2)19(26(20)40)12-21(30)15(3)38-9-7-17(36)13-38/h2,10-12,14,17-18,24H,4,6-9,13,36H2,1,3H3,(H,37,41)/b19-12+,21-15-.